The quantitative estimate of drug-likeness (QED) is 0.561. The number of rotatable bonds is 4. The predicted octanol–water partition coefficient (Wildman–Crippen LogP) is 5.45. The number of nitrogens with zero attached hydrogens (tertiary/aromatic N) is 2. The number of fused-ring (bicyclic) bond motifs is 1. The molecule has 0 spiro atoms. The lowest BCUT2D eigenvalue weighted by molar-refractivity contribution is -0.137. The van der Waals surface area contributed by atoms with Crippen LogP contribution in [0.3, 0.4) is 0 Å². The fraction of sp³-hybridized carbons (Fsp3) is 0.300. The maximum atomic E-state index is 12.8. The minimum atomic E-state index is -4.36. The van der Waals surface area contributed by atoms with Gasteiger partial charge in [0.25, 0.3) is 0 Å². The molecule has 3 aromatic rings. The number of hydrogen-bond acceptors (Lipinski definition) is 4. The molecule has 1 aliphatic carbocycles. The summed E-state index contributed by atoms with van der Waals surface area (Å²) in [4.78, 5) is 0. The van der Waals surface area contributed by atoms with Gasteiger partial charge in [-0.05, 0) is 31.4 Å². The SMILES string of the molecule is Cl.Cl.NCC1(Nc2nnc(-c3ccc(C(F)(F)F)cc3)c3ccccc23)CCC1. The third-order valence-corrected chi connectivity index (χ3v) is 5.26. The van der Waals surface area contributed by atoms with E-state index in [0.29, 0.717) is 23.6 Å². The van der Waals surface area contributed by atoms with Crippen LogP contribution in [0.15, 0.2) is 48.5 Å². The summed E-state index contributed by atoms with van der Waals surface area (Å²) in [5.41, 5.74) is 6.25. The molecule has 0 atom stereocenters. The van der Waals surface area contributed by atoms with E-state index in [9.17, 15) is 13.2 Å². The molecule has 156 valence electrons. The number of hydrogen-bond donors (Lipinski definition) is 2. The van der Waals surface area contributed by atoms with Crippen molar-refractivity contribution in [3.05, 3.63) is 54.1 Å². The first kappa shape index (κ1) is 23.2. The van der Waals surface area contributed by atoms with Crippen molar-refractivity contribution >= 4 is 41.4 Å². The minimum absolute atomic E-state index is 0. The van der Waals surface area contributed by atoms with Crippen molar-refractivity contribution in [1.82, 2.24) is 10.2 Å². The van der Waals surface area contributed by atoms with Crippen LogP contribution in [0.4, 0.5) is 19.0 Å². The van der Waals surface area contributed by atoms with Crippen molar-refractivity contribution in [2.24, 2.45) is 5.73 Å². The lowest BCUT2D eigenvalue weighted by Gasteiger charge is -2.42. The number of nitrogens with one attached hydrogen (secondary N) is 1. The second-order valence-electron chi connectivity index (χ2n) is 6.98. The van der Waals surface area contributed by atoms with E-state index in [2.05, 4.69) is 15.5 Å². The highest BCUT2D eigenvalue weighted by Crippen LogP contribution is 2.37. The molecule has 4 nitrogen and oxygen atoms in total. The molecule has 9 heteroatoms. The molecule has 1 fully saturated rings. The van der Waals surface area contributed by atoms with Crippen LogP contribution in [-0.2, 0) is 6.18 Å². The Kier molecular flexibility index (Phi) is 6.98. The van der Waals surface area contributed by atoms with Gasteiger partial charge in [0.1, 0.15) is 5.69 Å². The molecule has 0 amide bonds. The molecule has 1 aliphatic rings. The van der Waals surface area contributed by atoms with E-state index in [1.165, 1.54) is 12.1 Å². The van der Waals surface area contributed by atoms with Gasteiger partial charge in [0, 0.05) is 22.9 Å². The fourth-order valence-electron chi connectivity index (χ4n) is 3.46. The first-order valence-corrected chi connectivity index (χ1v) is 8.83. The van der Waals surface area contributed by atoms with E-state index in [1.54, 1.807) is 0 Å². The summed E-state index contributed by atoms with van der Waals surface area (Å²) in [6.07, 6.45) is -1.26. The Hall–Kier alpha value is -2.09. The minimum Gasteiger partial charge on any atom is -0.361 e. The lowest BCUT2D eigenvalue weighted by Crippen LogP contribution is -2.51. The molecular formula is C20H21Cl2F3N4. The number of anilines is 1. The standard InChI is InChI=1S/C20H19F3N4.2ClH/c21-20(22,23)14-8-6-13(7-9-14)17-15-4-1-2-5-16(15)18(27-26-17)25-19(12-24)10-3-11-19;;/h1-2,4-9H,3,10-12,24H2,(H,25,27);2*1H. The van der Waals surface area contributed by atoms with Crippen molar-refractivity contribution in [2.75, 3.05) is 11.9 Å². The summed E-state index contributed by atoms with van der Waals surface area (Å²) in [5.74, 6) is 0.659. The summed E-state index contributed by atoms with van der Waals surface area (Å²) in [7, 11) is 0. The molecule has 4 rings (SSSR count). The van der Waals surface area contributed by atoms with Crippen molar-refractivity contribution in [1.29, 1.82) is 0 Å². The molecule has 0 bridgehead atoms. The van der Waals surface area contributed by atoms with Gasteiger partial charge < -0.3 is 11.1 Å². The lowest BCUT2D eigenvalue weighted by atomic mass is 9.77. The van der Waals surface area contributed by atoms with Crippen LogP contribution in [-0.4, -0.2) is 22.3 Å². The zero-order valence-corrected chi connectivity index (χ0v) is 17.0. The summed E-state index contributed by atoms with van der Waals surface area (Å²) >= 11 is 0. The van der Waals surface area contributed by atoms with Gasteiger partial charge in [-0.15, -0.1) is 35.0 Å². The summed E-state index contributed by atoms with van der Waals surface area (Å²) in [6, 6.07) is 12.6. The summed E-state index contributed by atoms with van der Waals surface area (Å²) in [5, 5.41) is 13.8. The van der Waals surface area contributed by atoms with Crippen LogP contribution in [0.1, 0.15) is 24.8 Å². The molecule has 2 aromatic carbocycles. The maximum Gasteiger partial charge on any atom is 0.416 e. The van der Waals surface area contributed by atoms with Crippen LogP contribution >= 0.6 is 24.8 Å². The van der Waals surface area contributed by atoms with Crippen LogP contribution in [0.5, 0.6) is 0 Å². The third kappa shape index (κ3) is 4.42. The molecule has 0 aliphatic heterocycles. The second-order valence-corrected chi connectivity index (χ2v) is 6.98. The summed E-state index contributed by atoms with van der Waals surface area (Å²) < 4.78 is 38.4. The van der Waals surface area contributed by atoms with E-state index in [0.717, 1.165) is 42.2 Å². The number of nitrogens with two attached hydrogens (primary N) is 1. The Labute approximate surface area is 178 Å². The first-order chi connectivity index (χ1) is 12.9. The Morgan fingerprint density at radius 3 is 2.07 bits per heavy atom. The molecule has 29 heavy (non-hydrogen) atoms. The molecule has 0 saturated heterocycles. The third-order valence-electron chi connectivity index (χ3n) is 5.26. The Balaban J connectivity index is 0.00000150. The van der Waals surface area contributed by atoms with Gasteiger partial charge in [0.2, 0.25) is 0 Å². The van der Waals surface area contributed by atoms with E-state index in [-0.39, 0.29) is 30.4 Å². The molecule has 1 heterocycles. The maximum absolute atomic E-state index is 12.8. The Morgan fingerprint density at radius 1 is 0.931 bits per heavy atom. The van der Waals surface area contributed by atoms with Crippen LogP contribution in [0.2, 0.25) is 0 Å². The highest BCUT2D eigenvalue weighted by atomic mass is 35.5. The highest BCUT2D eigenvalue weighted by molar-refractivity contribution is 6.00. The molecule has 1 aromatic heterocycles. The number of alkyl halides is 3. The number of benzene rings is 2. The number of aromatic nitrogens is 2. The second kappa shape index (κ2) is 8.73. The zero-order chi connectivity index (χ0) is 19.1. The van der Waals surface area contributed by atoms with Gasteiger partial charge in [0.15, 0.2) is 5.82 Å². The van der Waals surface area contributed by atoms with Crippen LogP contribution < -0.4 is 11.1 Å². The zero-order valence-electron chi connectivity index (χ0n) is 15.4. The molecular weight excluding hydrogens is 424 g/mol. The van der Waals surface area contributed by atoms with E-state index >= 15 is 0 Å². The van der Waals surface area contributed by atoms with Gasteiger partial charge in [-0.2, -0.15) is 13.2 Å². The highest BCUT2D eigenvalue weighted by Gasteiger charge is 2.36. The predicted molar refractivity (Wildman–Crippen MR) is 114 cm³/mol. The van der Waals surface area contributed by atoms with Crippen LogP contribution in [0, 0.1) is 0 Å². The van der Waals surface area contributed by atoms with E-state index in [4.69, 9.17) is 5.73 Å². The van der Waals surface area contributed by atoms with Gasteiger partial charge in [-0.3, -0.25) is 0 Å². The number of halogens is 5. The van der Waals surface area contributed by atoms with Gasteiger partial charge in [0.05, 0.1) is 11.1 Å². The molecule has 3 N–H and O–H groups in total. The molecule has 0 unspecified atom stereocenters. The average Bonchev–Trinajstić information content (AvgIpc) is 2.64. The Bertz CT molecular complexity index is 968. The molecule has 0 radical (unpaired) electrons. The van der Waals surface area contributed by atoms with E-state index < -0.39 is 11.7 Å². The van der Waals surface area contributed by atoms with Gasteiger partial charge in [-0.25, -0.2) is 0 Å². The smallest absolute Gasteiger partial charge is 0.361 e. The van der Waals surface area contributed by atoms with Crippen molar-refractivity contribution in [3.8, 4) is 11.3 Å². The fourth-order valence-corrected chi connectivity index (χ4v) is 3.46. The van der Waals surface area contributed by atoms with Crippen molar-refractivity contribution in [3.63, 3.8) is 0 Å². The van der Waals surface area contributed by atoms with Crippen molar-refractivity contribution < 1.29 is 13.2 Å². The topological polar surface area (TPSA) is 63.8 Å². The monoisotopic (exact) mass is 444 g/mol. The molecule has 1 saturated carbocycles. The van der Waals surface area contributed by atoms with Gasteiger partial charge in [-0.1, -0.05) is 36.4 Å². The van der Waals surface area contributed by atoms with Crippen molar-refractivity contribution in [2.45, 2.75) is 31.0 Å². The van der Waals surface area contributed by atoms with E-state index in [1.807, 2.05) is 24.3 Å². The Morgan fingerprint density at radius 2 is 1.55 bits per heavy atom. The first-order valence-electron chi connectivity index (χ1n) is 8.83. The van der Waals surface area contributed by atoms with Crippen LogP contribution in [0.25, 0.3) is 22.0 Å². The normalized spacial score (nSPS) is 15.0. The average molecular weight is 445 g/mol. The summed E-state index contributed by atoms with van der Waals surface area (Å²) in [6.45, 7) is 0.518. The van der Waals surface area contributed by atoms with Gasteiger partial charge >= 0.3 is 6.18 Å². The largest absolute Gasteiger partial charge is 0.416 e.